The van der Waals surface area contributed by atoms with Gasteiger partial charge in [-0.15, -0.1) is 0 Å². The zero-order chi connectivity index (χ0) is 8.32. The Morgan fingerprint density at radius 1 is 1.82 bits per heavy atom. The van der Waals surface area contributed by atoms with Crippen LogP contribution in [0.5, 0.6) is 0 Å². The molecule has 64 valence electrons. The van der Waals surface area contributed by atoms with Gasteiger partial charge in [0.1, 0.15) is 6.61 Å². The number of halogens is 1. The van der Waals surface area contributed by atoms with Crippen molar-refractivity contribution >= 4 is 5.97 Å². The summed E-state index contributed by atoms with van der Waals surface area (Å²) < 4.78 is 22.3. The molecule has 0 saturated carbocycles. The minimum atomic E-state index is -2.15. The Labute approximate surface area is 63.7 Å². The minimum Gasteiger partial charge on any atom is -0.466 e. The zero-order valence-corrected chi connectivity index (χ0v) is 6.22. The summed E-state index contributed by atoms with van der Waals surface area (Å²) in [6.45, 7) is 0.466. The summed E-state index contributed by atoms with van der Waals surface area (Å²) in [5.41, 5.74) is 0. The van der Waals surface area contributed by atoms with Gasteiger partial charge in [-0.25, -0.2) is 9.18 Å². The Kier molecular flexibility index (Phi) is 2.41. The van der Waals surface area contributed by atoms with Crippen molar-refractivity contribution in [2.24, 2.45) is 0 Å². The molecule has 1 fully saturated rings. The van der Waals surface area contributed by atoms with Crippen molar-refractivity contribution in [1.82, 2.24) is 5.32 Å². The second-order valence-corrected chi connectivity index (χ2v) is 2.27. The third-order valence-corrected chi connectivity index (χ3v) is 1.46. The Morgan fingerprint density at radius 3 is 3.00 bits per heavy atom. The lowest BCUT2D eigenvalue weighted by molar-refractivity contribution is -0.166. The van der Waals surface area contributed by atoms with Gasteiger partial charge >= 0.3 is 5.97 Å². The maximum atomic E-state index is 13.3. The molecule has 11 heavy (non-hydrogen) atoms. The van der Waals surface area contributed by atoms with Crippen molar-refractivity contribution in [3.05, 3.63) is 0 Å². The van der Waals surface area contributed by atoms with Gasteiger partial charge in [0.25, 0.3) is 5.79 Å². The highest BCUT2D eigenvalue weighted by molar-refractivity contribution is 5.79. The molecule has 0 radical (unpaired) electrons. The van der Waals surface area contributed by atoms with Crippen LogP contribution in [0.3, 0.4) is 0 Å². The Hall–Kier alpha value is -0.680. The van der Waals surface area contributed by atoms with Crippen molar-refractivity contribution in [3.63, 3.8) is 0 Å². The summed E-state index contributed by atoms with van der Waals surface area (Å²) >= 11 is 0. The minimum absolute atomic E-state index is 0.278. The largest absolute Gasteiger partial charge is 0.466 e. The zero-order valence-electron chi connectivity index (χ0n) is 6.22. The highest BCUT2D eigenvalue weighted by Gasteiger charge is 2.41. The number of hydrogen-bond acceptors (Lipinski definition) is 4. The molecule has 0 amide bonds. The predicted molar refractivity (Wildman–Crippen MR) is 34.7 cm³/mol. The summed E-state index contributed by atoms with van der Waals surface area (Å²) in [7, 11) is 1.14. The maximum Gasteiger partial charge on any atom is 0.361 e. The molecule has 1 rings (SSSR count). The van der Waals surface area contributed by atoms with E-state index >= 15 is 0 Å². The van der Waals surface area contributed by atoms with Crippen molar-refractivity contribution in [3.8, 4) is 0 Å². The van der Waals surface area contributed by atoms with Crippen molar-refractivity contribution < 1.29 is 18.7 Å². The number of hydrogen-bond donors (Lipinski definition) is 1. The fraction of sp³-hybridized carbons (Fsp3) is 0.833. The van der Waals surface area contributed by atoms with Gasteiger partial charge < -0.3 is 9.47 Å². The molecular weight excluding hydrogens is 153 g/mol. The number of morpholine rings is 1. The molecule has 1 heterocycles. The van der Waals surface area contributed by atoms with E-state index in [1.54, 1.807) is 0 Å². The topological polar surface area (TPSA) is 47.6 Å². The Morgan fingerprint density at radius 2 is 2.55 bits per heavy atom. The predicted octanol–water partition coefficient (Wildman–Crippen LogP) is -0.555. The molecule has 0 aromatic rings. The number of carbonyl (C=O) groups is 1. The van der Waals surface area contributed by atoms with Crippen LogP contribution in [0.25, 0.3) is 0 Å². The summed E-state index contributed by atoms with van der Waals surface area (Å²) in [5, 5.41) is 2.38. The van der Waals surface area contributed by atoms with Crippen LogP contribution < -0.4 is 5.32 Å². The second-order valence-electron chi connectivity index (χ2n) is 2.27. The third kappa shape index (κ3) is 1.66. The fourth-order valence-electron chi connectivity index (χ4n) is 0.878. The normalized spacial score (nSPS) is 31.5. The van der Waals surface area contributed by atoms with Crippen LogP contribution in [-0.4, -0.2) is 38.6 Å². The van der Waals surface area contributed by atoms with Gasteiger partial charge in [0.2, 0.25) is 0 Å². The lowest BCUT2D eigenvalue weighted by Gasteiger charge is -2.27. The highest BCUT2D eigenvalue weighted by Crippen LogP contribution is 2.12. The van der Waals surface area contributed by atoms with Gasteiger partial charge in [0, 0.05) is 6.54 Å². The number of ether oxygens (including phenoxy) is 2. The second kappa shape index (κ2) is 3.15. The average Bonchev–Trinajstić information content (AvgIpc) is 2.04. The first-order chi connectivity index (χ1) is 5.19. The van der Waals surface area contributed by atoms with Gasteiger partial charge in [0.05, 0.1) is 13.7 Å². The van der Waals surface area contributed by atoms with Crippen LogP contribution >= 0.6 is 0 Å². The molecule has 0 spiro atoms. The van der Waals surface area contributed by atoms with E-state index in [1.165, 1.54) is 0 Å². The van der Waals surface area contributed by atoms with Crippen LogP contribution in [0.4, 0.5) is 4.39 Å². The quantitative estimate of drug-likeness (QED) is 0.416. The van der Waals surface area contributed by atoms with Crippen molar-refractivity contribution in [2.75, 3.05) is 26.9 Å². The Bertz CT molecular complexity index is 156. The van der Waals surface area contributed by atoms with Gasteiger partial charge in [0.15, 0.2) is 0 Å². The van der Waals surface area contributed by atoms with Crippen LogP contribution in [0.2, 0.25) is 0 Å². The lowest BCUT2D eigenvalue weighted by Crippen LogP contribution is -2.56. The van der Waals surface area contributed by atoms with Crippen molar-refractivity contribution in [1.29, 1.82) is 0 Å². The van der Waals surface area contributed by atoms with Crippen molar-refractivity contribution in [2.45, 2.75) is 5.79 Å². The molecule has 1 saturated heterocycles. The van der Waals surface area contributed by atoms with Crippen LogP contribution in [0.1, 0.15) is 0 Å². The van der Waals surface area contributed by atoms with Gasteiger partial charge in [-0.1, -0.05) is 0 Å². The van der Waals surface area contributed by atoms with Crippen LogP contribution in [0.15, 0.2) is 0 Å². The fourth-order valence-corrected chi connectivity index (χ4v) is 0.878. The number of carbonyl (C=O) groups excluding carboxylic acids is 1. The molecule has 1 unspecified atom stereocenters. The van der Waals surface area contributed by atoms with E-state index in [0.29, 0.717) is 13.2 Å². The molecule has 1 aliphatic rings. The number of esters is 1. The summed E-state index contributed by atoms with van der Waals surface area (Å²) in [6, 6.07) is 0. The number of nitrogens with one attached hydrogen (secondary N) is 1. The Balaban J connectivity index is 2.56. The van der Waals surface area contributed by atoms with E-state index in [9.17, 15) is 9.18 Å². The van der Waals surface area contributed by atoms with Crippen LogP contribution in [0, 0.1) is 0 Å². The van der Waals surface area contributed by atoms with E-state index in [-0.39, 0.29) is 6.61 Å². The molecule has 1 atom stereocenters. The lowest BCUT2D eigenvalue weighted by atomic mass is 10.2. The molecular formula is C6H10FNO3. The van der Waals surface area contributed by atoms with E-state index < -0.39 is 11.8 Å². The maximum absolute atomic E-state index is 13.3. The van der Waals surface area contributed by atoms with Crippen LogP contribution in [-0.2, 0) is 14.3 Å². The average molecular weight is 163 g/mol. The molecule has 1 N–H and O–H groups in total. The highest BCUT2D eigenvalue weighted by atomic mass is 19.1. The van der Waals surface area contributed by atoms with E-state index in [1.807, 2.05) is 0 Å². The molecule has 0 aromatic carbocycles. The molecule has 5 heteroatoms. The third-order valence-electron chi connectivity index (χ3n) is 1.46. The molecule has 4 nitrogen and oxygen atoms in total. The van der Waals surface area contributed by atoms with Gasteiger partial charge in [-0.3, -0.25) is 5.32 Å². The van der Waals surface area contributed by atoms with E-state index in [2.05, 4.69) is 10.1 Å². The number of alkyl halides is 1. The SMILES string of the molecule is COC(=O)C1(F)COCCN1. The first-order valence-corrected chi connectivity index (χ1v) is 3.29. The first kappa shape index (κ1) is 8.42. The molecule has 1 aliphatic heterocycles. The summed E-state index contributed by atoms with van der Waals surface area (Å²) in [5.74, 6) is -3.08. The van der Waals surface area contributed by atoms with E-state index in [4.69, 9.17) is 4.74 Å². The molecule has 0 aliphatic carbocycles. The number of rotatable bonds is 1. The summed E-state index contributed by atoms with van der Waals surface area (Å²) in [4.78, 5) is 10.7. The molecule has 0 aromatic heterocycles. The monoisotopic (exact) mass is 163 g/mol. The van der Waals surface area contributed by atoms with E-state index in [0.717, 1.165) is 7.11 Å². The molecule has 0 bridgehead atoms. The standard InChI is InChI=1S/C6H10FNO3/c1-10-5(9)6(7)4-11-3-2-8-6/h8H,2-4H2,1H3. The van der Waals surface area contributed by atoms with Gasteiger partial charge in [-0.05, 0) is 0 Å². The summed E-state index contributed by atoms with van der Waals surface area (Å²) in [6.07, 6.45) is 0. The first-order valence-electron chi connectivity index (χ1n) is 3.29. The number of methoxy groups -OCH3 is 1. The van der Waals surface area contributed by atoms with Gasteiger partial charge in [-0.2, -0.15) is 0 Å². The smallest absolute Gasteiger partial charge is 0.361 e.